The highest BCUT2D eigenvalue weighted by molar-refractivity contribution is 5.85. The van der Waals surface area contributed by atoms with E-state index in [0.717, 1.165) is 11.1 Å². The molecule has 1 rings (SSSR count). The minimum absolute atomic E-state index is 0. The van der Waals surface area contributed by atoms with Crippen molar-refractivity contribution in [3.8, 4) is 0 Å². The molecule has 0 aliphatic heterocycles. The number of amides is 1. The van der Waals surface area contributed by atoms with Gasteiger partial charge in [0, 0.05) is 13.6 Å². The van der Waals surface area contributed by atoms with E-state index in [-0.39, 0.29) is 23.7 Å². The van der Waals surface area contributed by atoms with E-state index in [9.17, 15) is 4.79 Å². The van der Waals surface area contributed by atoms with Crippen molar-refractivity contribution in [1.82, 2.24) is 4.90 Å². The number of hydrogen-bond acceptors (Lipinski definition) is 2. The molecule has 0 saturated heterocycles. The van der Waals surface area contributed by atoms with Crippen LogP contribution in [0, 0.1) is 12.3 Å². The molecule has 19 heavy (non-hydrogen) atoms. The third-order valence-electron chi connectivity index (χ3n) is 3.25. The first-order chi connectivity index (χ1) is 8.35. The number of hydrogen-bond donors (Lipinski definition) is 1. The van der Waals surface area contributed by atoms with E-state index in [1.54, 1.807) is 4.90 Å². The van der Waals surface area contributed by atoms with Gasteiger partial charge in [0.25, 0.3) is 0 Å². The highest BCUT2D eigenvalue weighted by Gasteiger charge is 2.21. The Morgan fingerprint density at radius 3 is 2.42 bits per heavy atom. The first-order valence-corrected chi connectivity index (χ1v) is 6.34. The van der Waals surface area contributed by atoms with Crippen LogP contribution >= 0.6 is 12.4 Å². The highest BCUT2D eigenvalue weighted by atomic mass is 35.5. The number of benzene rings is 1. The molecule has 4 heteroatoms. The molecule has 0 bridgehead atoms. The Hall–Kier alpha value is -1.06. The number of halogens is 1. The number of nitrogens with two attached hydrogens (primary N) is 1. The van der Waals surface area contributed by atoms with E-state index in [2.05, 4.69) is 13.8 Å². The van der Waals surface area contributed by atoms with Crippen LogP contribution in [0.3, 0.4) is 0 Å². The van der Waals surface area contributed by atoms with Crippen LogP contribution in [0.25, 0.3) is 0 Å². The van der Waals surface area contributed by atoms with Crippen LogP contribution < -0.4 is 5.73 Å². The molecule has 0 saturated carbocycles. The van der Waals surface area contributed by atoms with Gasteiger partial charge in [0.05, 0.1) is 6.42 Å². The Bertz CT molecular complexity index is 418. The zero-order chi connectivity index (χ0) is 13.8. The maximum atomic E-state index is 12.1. The number of carbonyl (C=O) groups excluding carboxylic acids is 1. The Morgan fingerprint density at radius 2 is 1.89 bits per heavy atom. The van der Waals surface area contributed by atoms with Gasteiger partial charge in [0.1, 0.15) is 0 Å². The molecule has 3 nitrogen and oxygen atoms in total. The fraction of sp³-hybridized carbons (Fsp3) is 0.533. The monoisotopic (exact) mass is 284 g/mol. The second-order valence-corrected chi connectivity index (χ2v) is 5.72. The lowest BCUT2D eigenvalue weighted by atomic mass is 9.93. The second kappa shape index (κ2) is 7.51. The summed E-state index contributed by atoms with van der Waals surface area (Å²) in [5.74, 6) is 0.144. The summed E-state index contributed by atoms with van der Waals surface area (Å²) in [7, 11) is 1.85. The minimum Gasteiger partial charge on any atom is -0.345 e. The molecule has 0 spiro atoms. The Balaban J connectivity index is 0.00000324. The predicted octanol–water partition coefficient (Wildman–Crippen LogP) is 2.40. The molecular formula is C15H25ClN2O. The van der Waals surface area contributed by atoms with E-state index >= 15 is 0 Å². The smallest absolute Gasteiger partial charge is 0.226 e. The first-order valence-electron chi connectivity index (χ1n) is 6.34. The van der Waals surface area contributed by atoms with Crippen LogP contribution in [0.4, 0.5) is 0 Å². The summed E-state index contributed by atoms with van der Waals surface area (Å²) in [6, 6.07) is 8.01. The average Bonchev–Trinajstić information content (AvgIpc) is 2.31. The molecule has 0 heterocycles. The average molecular weight is 285 g/mol. The van der Waals surface area contributed by atoms with E-state index < -0.39 is 0 Å². The SMILES string of the molecule is Cc1ccccc1CC(=O)N(C)CC(C)(C)CN.Cl. The third-order valence-corrected chi connectivity index (χ3v) is 3.25. The molecule has 0 aliphatic rings. The van der Waals surface area contributed by atoms with Crippen molar-refractivity contribution in [1.29, 1.82) is 0 Å². The van der Waals surface area contributed by atoms with Crippen LogP contribution in [-0.4, -0.2) is 30.9 Å². The van der Waals surface area contributed by atoms with E-state index in [0.29, 0.717) is 19.5 Å². The maximum Gasteiger partial charge on any atom is 0.226 e. The van der Waals surface area contributed by atoms with Gasteiger partial charge in [-0.05, 0) is 30.0 Å². The summed E-state index contributed by atoms with van der Waals surface area (Å²) in [6.07, 6.45) is 0.462. The molecule has 0 aromatic heterocycles. The number of carbonyl (C=O) groups is 1. The number of likely N-dealkylation sites (N-methyl/N-ethyl adjacent to an activating group) is 1. The molecule has 1 aromatic carbocycles. The van der Waals surface area contributed by atoms with E-state index in [4.69, 9.17) is 5.73 Å². The molecule has 0 unspecified atom stereocenters. The van der Waals surface area contributed by atoms with Gasteiger partial charge in [0.2, 0.25) is 5.91 Å². The summed E-state index contributed by atoms with van der Waals surface area (Å²) in [6.45, 7) is 7.45. The van der Waals surface area contributed by atoms with Crippen LogP contribution in [-0.2, 0) is 11.2 Å². The zero-order valence-electron chi connectivity index (χ0n) is 12.3. The highest BCUT2D eigenvalue weighted by Crippen LogP contribution is 2.15. The first kappa shape index (κ1) is 17.9. The lowest BCUT2D eigenvalue weighted by Crippen LogP contribution is -2.40. The molecular weight excluding hydrogens is 260 g/mol. The van der Waals surface area contributed by atoms with E-state index in [1.807, 2.05) is 38.2 Å². The van der Waals surface area contributed by atoms with Gasteiger partial charge in [0.15, 0.2) is 0 Å². The largest absolute Gasteiger partial charge is 0.345 e. The van der Waals surface area contributed by atoms with Crippen molar-refractivity contribution < 1.29 is 4.79 Å². The normalized spacial score (nSPS) is 10.8. The quantitative estimate of drug-likeness (QED) is 0.902. The summed E-state index contributed by atoms with van der Waals surface area (Å²) >= 11 is 0. The van der Waals surface area contributed by atoms with Gasteiger partial charge in [-0.3, -0.25) is 4.79 Å². The van der Waals surface area contributed by atoms with Crippen molar-refractivity contribution >= 4 is 18.3 Å². The molecule has 0 atom stereocenters. The lowest BCUT2D eigenvalue weighted by molar-refractivity contribution is -0.130. The van der Waals surface area contributed by atoms with Crippen LogP contribution in [0.2, 0.25) is 0 Å². The van der Waals surface area contributed by atoms with E-state index in [1.165, 1.54) is 0 Å². The summed E-state index contributed by atoms with van der Waals surface area (Å²) in [5, 5.41) is 0. The van der Waals surface area contributed by atoms with Gasteiger partial charge in [-0.1, -0.05) is 38.1 Å². The summed E-state index contributed by atoms with van der Waals surface area (Å²) < 4.78 is 0. The lowest BCUT2D eigenvalue weighted by Gasteiger charge is -2.29. The number of nitrogens with zero attached hydrogens (tertiary/aromatic N) is 1. The Morgan fingerprint density at radius 1 is 1.32 bits per heavy atom. The van der Waals surface area contributed by atoms with Crippen LogP contribution in [0.1, 0.15) is 25.0 Å². The summed E-state index contributed by atoms with van der Waals surface area (Å²) in [4.78, 5) is 13.9. The minimum atomic E-state index is -0.0316. The van der Waals surface area contributed by atoms with Crippen molar-refractivity contribution in [2.45, 2.75) is 27.2 Å². The molecule has 0 aliphatic carbocycles. The number of rotatable bonds is 5. The molecule has 2 N–H and O–H groups in total. The van der Waals surface area contributed by atoms with Gasteiger partial charge in [-0.15, -0.1) is 12.4 Å². The molecule has 108 valence electrons. The van der Waals surface area contributed by atoms with Crippen molar-refractivity contribution in [2.75, 3.05) is 20.1 Å². The fourth-order valence-electron chi connectivity index (χ4n) is 1.90. The maximum absolute atomic E-state index is 12.1. The molecule has 0 fully saturated rings. The Kier molecular flexibility index (Phi) is 7.09. The van der Waals surface area contributed by atoms with Crippen LogP contribution in [0.5, 0.6) is 0 Å². The third kappa shape index (κ3) is 5.62. The van der Waals surface area contributed by atoms with Crippen molar-refractivity contribution in [3.05, 3.63) is 35.4 Å². The fourth-order valence-corrected chi connectivity index (χ4v) is 1.90. The van der Waals surface area contributed by atoms with Gasteiger partial charge < -0.3 is 10.6 Å². The standard InChI is InChI=1S/C15H24N2O.ClH/c1-12-7-5-6-8-13(12)9-14(18)17(4)11-15(2,3)10-16;/h5-8H,9-11,16H2,1-4H3;1H. The predicted molar refractivity (Wildman–Crippen MR) is 82.6 cm³/mol. The zero-order valence-corrected chi connectivity index (χ0v) is 13.1. The van der Waals surface area contributed by atoms with Gasteiger partial charge >= 0.3 is 0 Å². The topological polar surface area (TPSA) is 46.3 Å². The number of aryl methyl sites for hydroxylation is 1. The molecule has 1 aromatic rings. The second-order valence-electron chi connectivity index (χ2n) is 5.72. The Labute approximate surface area is 122 Å². The molecule has 1 amide bonds. The van der Waals surface area contributed by atoms with Crippen molar-refractivity contribution in [3.63, 3.8) is 0 Å². The van der Waals surface area contributed by atoms with Crippen molar-refractivity contribution in [2.24, 2.45) is 11.1 Å². The van der Waals surface area contributed by atoms with Gasteiger partial charge in [-0.25, -0.2) is 0 Å². The summed E-state index contributed by atoms with van der Waals surface area (Å²) in [5.41, 5.74) is 7.92. The molecule has 0 radical (unpaired) electrons. The van der Waals surface area contributed by atoms with Gasteiger partial charge in [-0.2, -0.15) is 0 Å². The van der Waals surface area contributed by atoms with Crippen LogP contribution in [0.15, 0.2) is 24.3 Å².